The van der Waals surface area contributed by atoms with Gasteiger partial charge >= 0.3 is 6.09 Å². The van der Waals surface area contributed by atoms with E-state index in [0.717, 1.165) is 0 Å². The third-order valence-electron chi connectivity index (χ3n) is 1.53. The van der Waals surface area contributed by atoms with E-state index in [1.807, 2.05) is 12.2 Å². The first-order valence-corrected chi connectivity index (χ1v) is 4.45. The van der Waals surface area contributed by atoms with Gasteiger partial charge in [-0.05, 0) is 20.3 Å². The van der Waals surface area contributed by atoms with E-state index in [4.69, 9.17) is 4.74 Å². The van der Waals surface area contributed by atoms with Crippen LogP contribution in [0.5, 0.6) is 0 Å². The molecule has 0 fully saturated rings. The molecule has 0 aliphatic rings. The summed E-state index contributed by atoms with van der Waals surface area (Å²) < 4.78 is 4.77. The quantitative estimate of drug-likeness (QED) is 0.689. The average Bonchev–Trinajstić information content (AvgIpc) is 2.01. The maximum atomic E-state index is 10.9. The van der Waals surface area contributed by atoms with E-state index in [0.29, 0.717) is 6.42 Å². The smallest absolute Gasteiger partial charge is 0.414 e. The molecule has 5 heteroatoms. The summed E-state index contributed by atoms with van der Waals surface area (Å²) in [4.78, 5) is 32.3. The number of rotatable bonds is 4. The lowest BCUT2D eigenvalue weighted by Crippen LogP contribution is -2.33. The predicted molar refractivity (Wildman–Crippen MR) is 49.7 cm³/mol. The summed E-state index contributed by atoms with van der Waals surface area (Å²) in [6.45, 7) is 4.85. The number of hydrogen-bond acceptors (Lipinski definition) is 4. The van der Waals surface area contributed by atoms with Crippen molar-refractivity contribution in [1.82, 2.24) is 5.32 Å². The summed E-state index contributed by atoms with van der Waals surface area (Å²) in [6.07, 6.45) is -0.657. The van der Waals surface area contributed by atoms with Crippen LogP contribution in [0.3, 0.4) is 0 Å². The van der Waals surface area contributed by atoms with E-state index < -0.39 is 12.0 Å². The molecule has 1 N–H and O–H groups in total. The zero-order valence-corrected chi connectivity index (χ0v) is 8.62. The molecule has 2 amide bonds. The fourth-order valence-electron chi connectivity index (χ4n) is 0.680. The lowest BCUT2D eigenvalue weighted by atomic mass is 10.3. The van der Waals surface area contributed by atoms with Gasteiger partial charge in [0.05, 0.1) is 6.42 Å². The van der Waals surface area contributed by atoms with Crippen LogP contribution in [0.2, 0.25) is 0 Å². The first-order valence-electron chi connectivity index (χ1n) is 4.45. The Morgan fingerprint density at radius 2 is 1.93 bits per heavy atom. The number of ketones is 1. The molecule has 0 saturated carbocycles. The van der Waals surface area contributed by atoms with Crippen LogP contribution >= 0.6 is 0 Å². The van der Waals surface area contributed by atoms with Gasteiger partial charge in [0.1, 0.15) is 11.9 Å². The Morgan fingerprint density at radius 3 is 2.36 bits per heavy atom. The summed E-state index contributed by atoms with van der Waals surface area (Å²) in [5.74, 6) is -0.926. The molecule has 14 heavy (non-hydrogen) atoms. The minimum absolute atomic E-state index is 0.236. The highest BCUT2D eigenvalue weighted by molar-refractivity contribution is 6.02. The van der Waals surface area contributed by atoms with Crippen LogP contribution in [0.25, 0.3) is 0 Å². The van der Waals surface area contributed by atoms with E-state index in [-0.39, 0.29) is 18.3 Å². The maximum Gasteiger partial charge on any atom is 0.414 e. The Morgan fingerprint density at radius 1 is 1.36 bits per heavy atom. The van der Waals surface area contributed by atoms with Crippen molar-refractivity contribution in [3.8, 4) is 0 Å². The van der Waals surface area contributed by atoms with Gasteiger partial charge in [0, 0.05) is 0 Å². The van der Waals surface area contributed by atoms with Gasteiger partial charge in [0.2, 0.25) is 5.91 Å². The van der Waals surface area contributed by atoms with Gasteiger partial charge in [-0.25, -0.2) is 4.79 Å². The zero-order chi connectivity index (χ0) is 11.1. The molecule has 0 aliphatic heterocycles. The van der Waals surface area contributed by atoms with Crippen LogP contribution in [0, 0.1) is 0 Å². The zero-order valence-electron chi connectivity index (χ0n) is 8.62. The normalized spacial score (nSPS) is 11.6. The largest absolute Gasteiger partial charge is 0.446 e. The van der Waals surface area contributed by atoms with Crippen molar-refractivity contribution in [1.29, 1.82) is 0 Å². The Kier molecular flexibility index (Phi) is 5.52. The first-order chi connectivity index (χ1) is 6.45. The summed E-state index contributed by atoms with van der Waals surface area (Å²) in [5, 5.41) is 1.96. The highest BCUT2D eigenvalue weighted by Crippen LogP contribution is 1.95. The van der Waals surface area contributed by atoms with Gasteiger partial charge in [-0.15, -0.1) is 0 Å². The average molecular weight is 201 g/mol. The minimum atomic E-state index is -0.800. The lowest BCUT2D eigenvalue weighted by Gasteiger charge is -2.10. The number of ether oxygens (including phenoxy) is 1. The molecule has 5 nitrogen and oxygen atoms in total. The molecule has 0 heterocycles. The highest BCUT2D eigenvalue weighted by Gasteiger charge is 2.12. The summed E-state index contributed by atoms with van der Waals surface area (Å²) in [6, 6.07) is 0. The summed E-state index contributed by atoms with van der Waals surface area (Å²) in [7, 11) is 0. The molecule has 0 spiro atoms. The van der Waals surface area contributed by atoms with E-state index in [1.165, 1.54) is 6.92 Å². The van der Waals surface area contributed by atoms with E-state index >= 15 is 0 Å². The van der Waals surface area contributed by atoms with Crippen LogP contribution in [0.1, 0.15) is 33.6 Å². The molecule has 1 unspecified atom stereocenters. The lowest BCUT2D eigenvalue weighted by molar-refractivity contribution is -0.126. The van der Waals surface area contributed by atoms with E-state index in [1.54, 1.807) is 6.92 Å². The van der Waals surface area contributed by atoms with Gasteiger partial charge < -0.3 is 4.74 Å². The third kappa shape index (κ3) is 6.16. The minimum Gasteiger partial charge on any atom is -0.446 e. The first kappa shape index (κ1) is 12.6. The molecule has 0 aromatic carbocycles. The Labute approximate surface area is 82.8 Å². The molecule has 0 aromatic heterocycles. The fourth-order valence-corrected chi connectivity index (χ4v) is 0.680. The maximum absolute atomic E-state index is 10.9. The van der Waals surface area contributed by atoms with Crippen molar-refractivity contribution < 1.29 is 19.1 Å². The van der Waals surface area contributed by atoms with Crippen LogP contribution in [0.4, 0.5) is 4.79 Å². The number of carbonyl (C=O) groups is 3. The molecule has 1 atom stereocenters. The predicted octanol–water partition coefficient (Wildman–Crippen LogP) is 1.02. The second kappa shape index (κ2) is 6.12. The Hall–Kier alpha value is -1.39. The van der Waals surface area contributed by atoms with Crippen LogP contribution < -0.4 is 5.32 Å². The summed E-state index contributed by atoms with van der Waals surface area (Å²) >= 11 is 0. The Balaban J connectivity index is 3.82. The highest BCUT2D eigenvalue weighted by atomic mass is 16.6. The standard InChI is InChI=1S/C9H15NO4/c1-4-7(3)14-9(13)10-8(12)5-6(2)11/h7H,4-5H2,1-3H3,(H,10,12,13). The van der Waals surface area contributed by atoms with Crippen molar-refractivity contribution in [2.45, 2.75) is 39.7 Å². The van der Waals surface area contributed by atoms with Crippen molar-refractivity contribution in [2.75, 3.05) is 0 Å². The van der Waals surface area contributed by atoms with Crippen molar-refractivity contribution in [3.05, 3.63) is 0 Å². The monoisotopic (exact) mass is 201 g/mol. The summed E-state index contributed by atoms with van der Waals surface area (Å²) in [5.41, 5.74) is 0. The van der Waals surface area contributed by atoms with Gasteiger partial charge in [0.15, 0.2) is 0 Å². The molecule has 0 aromatic rings. The second-order valence-corrected chi connectivity index (χ2v) is 3.05. The molecular weight excluding hydrogens is 186 g/mol. The van der Waals surface area contributed by atoms with Crippen molar-refractivity contribution >= 4 is 17.8 Å². The molecule has 0 aliphatic carbocycles. The van der Waals surface area contributed by atoms with Gasteiger partial charge in [-0.1, -0.05) is 6.92 Å². The Bertz CT molecular complexity index is 237. The van der Waals surface area contributed by atoms with Crippen LogP contribution in [-0.2, 0) is 14.3 Å². The van der Waals surface area contributed by atoms with E-state index in [2.05, 4.69) is 0 Å². The number of alkyl carbamates (subject to hydrolysis) is 1. The van der Waals surface area contributed by atoms with Crippen molar-refractivity contribution in [2.24, 2.45) is 0 Å². The number of imide groups is 1. The molecule has 0 radical (unpaired) electrons. The van der Waals surface area contributed by atoms with Gasteiger partial charge in [0.25, 0.3) is 0 Å². The number of nitrogens with one attached hydrogen (secondary N) is 1. The van der Waals surface area contributed by atoms with Gasteiger partial charge in [-0.2, -0.15) is 0 Å². The number of Topliss-reactive ketones (excluding diaryl/α,β-unsaturated/α-hetero) is 1. The topological polar surface area (TPSA) is 72.5 Å². The fraction of sp³-hybridized carbons (Fsp3) is 0.667. The number of carbonyl (C=O) groups excluding carboxylic acids is 3. The molecule has 80 valence electrons. The molecular formula is C9H15NO4. The van der Waals surface area contributed by atoms with Crippen LogP contribution in [0.15, 0.2) is 0 Å². The van der Waals surface area contributed by atoms with Gasteiger partial charge in [-0.3, -0.25) is 14.9 Å². The SMILES string of the molecule is CCC(C)OC(=O)NC(=O)CC(C)=O. The van der Waals surface area contributed by atoms with Crippen molar-refractivity contribution in [3.63, 3.8) is 0 Å². The third-order valence-corrected chi connectivity index (χ3v) is 1.53. The second-order valence-electron chi connectivity index (χ2n) is 3.05. The number of amides is 2. The van der Waals surface area contributed by atoms with E-state index in [9.17, 15) is 14.4 Å². The molecule has 0 saturated heterocycles. The molecule has 0 rings (SSSR count). The molecule has 0 bridgehead atoms. The number of hydrogen-bond donors (Lipinski definition) is 1. The van der Waals surface area contributed by atoms with Crippen LogP contribution in [-0.4, -0.2) is 23.9 Å².